The number of pyridine rings is 1. The third-order valence-electron chi connectivity index (χ3n) is 4.10. The number of nitrogens with two attached hydrogens (primary N) is 1. The topological polar surface area (TPSA) is 72.5 Å². The number of nitrogens with one attached hydrogen (secondary N) is 1. The maximum absolute atomic E-state index is 6.04. The molecular formula is C18H22N4O. The Hall–Kier alpha value is -2.56. The van der Waals surface area contributed by atoms with Crippen molar-refractivity contribution < 1.29 is 4.74 Å². The molecule has 3 N–H and O–H groups in total. The van der Waals surface area contributed by atoms with E-state index in [0.29, 0.717) is 18.4 Å². The number of hydrogen-bond acceptors (Lipinski definition) is 3. The van der Waals surface area contributed by atoms with Gasteiger partial charge < -0.3 is 15.8 Å². The van der Waals surface area contributed by atoms with Crippen molar-refractivity contribution in [1.29, 1.82) is 0 Å². The van der Waals surface area contributed by atoms with Crippen LogP contribution in [0.3, 0.4) is 0 Å². The van der Waals surface area contributed by atoms with Crippen LogP contribution in [-0.4, -0.2) is 18.1 Å². The van der Waals surface area contributed by atoms with Gasteiger partial charge in [0.25, 0.3) is 0 Å². The first kappa shape index (κ1) is 15.3. The summed E-state index contributed by atoms with van der Waals surface area (Å²) in [4.78, 5) is 8.56. The Bertz CT molecular complexity index is 695. The van der Waals surface area contributed by atoms with Crippen molar-refractivity contribution in [1.82, 2.24) is 4.98 Å². The number of fused-ring (bicyclic) bond motifs is 1. The first-order valence-corrected chi connectivity index (χ1v) is 7.93. The number of guanidine groups is 1. The van der Waals surface area contributed by atoms with Crippen LogP contribution in [0, 0.1) is 0 Å². The molecule has 0 radical (unpaired) electrons. The first-order valence-electron chi connectivity index (χ1n) is 7.93. The average molecular weight is 310 g/mol. The summed E-state index contributed by atoms with van der Waals surface area (Å²) in [5, 5.41) is 3.25. The maximum atomic E-state index is 6.04. The smallest absolute Gasteiger partial charge is 0.212 e. The Labute approximate surface area is 136 Å². The van der Waals surface area contributed by atoms with Crippen LogP contribution in [-0.2, 0) is 19.4 Å². The summed E-state index contributed by atoms with van der Waals surface area (Å²) in [6, 6.07) is 10.1. The highest BCUT2D eigenvalue weighted by molar-refractivity contribution is 5.93. The molecule has 0 saturated carbocycles. The molecule has 0 fully saturated rings. The minimum atomic E-state index is 0.430. The molecule has 0 bridgehead atoms. The first-order chi connectivity index (χ1) is 11.3. The number of ether oxygens (including phenoxy) is 1. The molecule has 1 aliphatic carbocycles. The van der Waals surface area contributed by atoms with Gasteiger partial charge in [-0.05, 0) is 48.4 Å². The predicted octanol–water partition coefficient (Wildman–Crippen LogP) is 2.90. The fourth-order valence-corrected chi connectivity index (χ4v) is 2.88. The number of methoxy groups -OCH3 is 1. The summed E-state index contributed by atoms with van der Waals surface area (Å²) >= 11 is 0. The van der Waals surface area contributed by atoms with Gasteiger partial charge in [-0.2, -0.15) is 0 Å². The summed E-state index contributed by atoms with van der Waals surface area (Å²) in [6.07, 6.45) is 6.51. The molecular weight excluding hydrogens is 288 g/mol. The molecule has 0 spiro atoms. The molecule has 0 saturated heterocycles. The normalized spacial score (nSPS) is 14.2. The van der Waals surface area contributed by atoms with E-state index in [1.165, 1.54) is 24.0 Å². The number of rotatable bonds is 4. The van der Waals surface area contributed by atoms with Crippen molar-refractivity contribution in [3.8, 4) is 5.88 Å². The van der Waals surface area contributed by atoms with E-state index in [-0.39, 0.29) is 0 Å². The maximum Gasteiger partial charge on any atom is 0.212 e. The van der Waals surface area contributed by atoms with Gasteiger partial charge >= 0.3 is 0 Å². The van der Waals surface area contributed by atoms with E-state index < -0.39 is 0 Å². The molecule has 0 atom stereocenters. The van der Waals surface area contributed by atoms with Gasteiger partial charge in [0, 0.05) is 18.0 Å². The van der Waals surface area contributed by atoms with Gasteiger partial charge in [0.15, 0.2) is 5.96 Å². The van der Waals surface area contributed by atoms with E-state index in [1.54, 1.807) is 13.3 Å². The van der Waals surface area contributed by atoms with Gasteiger partial charge in [-0.1, -0.05) is 18.2 Å². The van der Waals surface area contributed by atoms with Crippen LogP contribution in [0.5, 0.6) is 5.88 Å². The summed E-state index contributed by atoms with van der Waals surface area (Å²) < 4.78 is 5.04. The van der Waals surface area contributed by atoms with Gasteiger partial charge in [-0.3, -0.25) is 0 Å². The van der Waals surface area contributed by atoms with Crippen molar-refractivity contribution in [2.75, 3.05) is 12.4 Å². The second-order valence-corrected chi connectivity index (χ2v) is 5.69. The Balaban J connectivity index is 1.67. The van der Waals surface area contributed by atoms with E-state index in [1.807, 2.05) is 12.1 Å². The third kappa shape index (κ3) is 3.80. The Kier molecular flexibility index (Phi) is 4.76. The van der Waals surface area contributed by atoms with Crippen molar-refractivity contribution >= 4 is 11.6 Å². The van der Waals surface area contributed by atoms with Crippen LogP contribution in [0.2, 0.25) is 0 Å². The van der Waals surface area contributed by atoms with Crippen molar-refractivity contribution in [3.05, 3.63) is 53.2 Å². The number of hydrogen-bond donors (Lipinski definition) is 2. The van der Waals surface area contributed by atoms with Crippen LogP contribution in [0.4, 0.5) is 5.69 Å². The molecule has 0 aliphatic heterocycles. The lowest BCUT2D eigenvalue weighted by Gasteiger charge is -2.19. The summed E-state index contributed by atoms with van der Waals surface area (Å²) in [6.45, 7) is 0.491. The minimum Gasteiger partial charge on any atom is -0.481 e. The molecule has 5 heteroatoms. The van der Waals surface area contributed by atoms with Crippen LogP contribution in [0.1, 0.15) is 29.5 Å². The number of benzene rings is 1. The number of aryl methyl sites for hydroxylation is 1. The number of aromatic nitrogens is 1. The number of aliphatic imine (C=N–C) groups is 1. The van der Waals surface area contributed by atoms with Gasteiger partial charge in [-0.15, -0.1) is 0 Å². The van der Waals surface area contributed by atoms with Gasteiger partial charge in [0.2, 0.25) is 5.88 Å². The van der Waals surface area contributed by atoms with Gasteiger partial charge in [-0.25, -0.2) is 9.98 Å². The van der Waals surface area contributed by atoms with E-state index in [2.05, 4.69) is 33.5 Å². The van der Waals surface area contributed by atoms with Crippen LogP contribution < -0.4 is 15.8 Å². The molecule has 3 rings (SSSR count). The van der Waals surface area contributed by atoms with E-state index >= 15 is 0 Å². The van der Waals surface area contributed by atoms with Crippen LogP contribution >= 0.6 is 0 Å². The van der Waals surface area contributed by atoms with Crippen LogP contribution in [0.25, 0.3) is 0 Å². The predicted molar refractivity (Wildman–Crippen MR) is 92.8 cm³/mol. The SMILES string of the molecule is COc1ccc(CN=C(N)Nc2cccc3c2CCCC3)cn1. The zero-order chi connectivity index (χ0) is 16.1. The Morgan fingerprint density at radius 3 is 2.91 bits per heavy atom. The molecule has 0 unspecified atom stereocenters. The molecule has 0 amide bonds. The second kappa shape index (κ2) is 7.13. The van der Waals surface area contributed by atoms with Gasteiger partial charge in [0.05, 0.1) is 13.7 Å². The lowest BCUT2D eigenvalue weighted by molar-refractivity contribution is 0.397. The van der Waals surface area contributed by atoms with Crippen molar-refractivity contribution in [2.24, 2.45) is 10.7 Å². The Morgan fingerprint density at radius 2 is 2.13 bits per heavy atom. The molecule has 1 heterocycles. The molecule has 2 aromatic rings. The van der Waals surface area contributed by atoms with E-state index in [4.69, 9.17) is 10.5 Å². The van der Waals surface area contributed by atoms with Crippen molar-refractivity contribution in [2.45, 2.75) is 32.2 Å². The third-order valence-corrected chi connectivity index (χ3v) is 4.10. The second-order valence-electron chi connectivity index (χ2n) is 5.69. The van der Waals surface area contributed by atoms with Crippen molar-refractivity contribution in [3.63, 3.8) is 0 Å². The standard InChI is InChI=1S/C18H22N4O/c1-23-17-10-9-13(11-20-17)12-21-18(19)22-16-8-4-6-14-5-2-3-7-15(14)16/h4,6,8-11H,2-3,5,7,12H2,1H3,(H3,19,21,22). The summed E-state index contributed by atoms with van der Waals surface area (Å²) in [5.74, 6) is 1.03. The minimum absolute atomic E-state index is 0.430. The monoisotopic (exact) mass is 310 g/mol. The summed E-state index contributed by atoms with van der Waals surface area (Å²) in [5.41, 5.74) is 10.9. The molecule has 23 heavy (non-hydrogen) atoms. The highest BCUT2D eigenvalue weighted by Gasteiger charge is 2.13. The lowest BCUT2D eigenvalue weighted by atomic mass is 9.90. The zero-order valence-corrected chi connectivity index (χ0v) is 13.4. The lowest BCUT2D eigenvalue weighted by Crippen LogP contribution is -2.24. The molecule has 1 aliphatic rings. The summed E-state index contributed by atoms with van der Waals surface area (Å²) in [7, 11) is 1.60. The van der Waals surface area contributed by atoms with Crippen LogP contribution in [0.15, 0.2) is 41.5 Å². The number of nitrogens with zero attached hydrogens (tertiary/aromatic N) is 2. The largest absolute Gasteiger partial charge is 0.481 e. The molecule has 5 nitrogen and oxygen atoms in total. The average Bonchev–Trinajstić information content (AvgIpc) is 2.61. The molecule has 120 valence electrons. The van der Waals surface area contributed by atoms with Gasteiger partial charge in [0.1, 0.15) is 0 Å². The molecule has 1 aromatic carbocycles. The number of anilines is 1. The highest BCUT2D eigenvalue weighted by Crippen LogP contribution is 2.27. The molecule has 1 aromatic heterocycles. The highest BCUT2D eigenvalue weighted by atomic mass is 16.5. The Morgan fingerprint density at radius 1 is 1.26 bits per heavy atom. The van der Waals surface area contributed by atoms with E-state index in [0.717, 1.165) is 24.1 Å². The fourth-order valence-electron chi connectivity index (χ4n) is 2.88. The fraction of sp³-hybridized carbons (Fsp3) is 0.333. The van der Waals surface area contributed by atoms with E-state index in [9.17, 15) is 0 Å². The quantitative estimate of drug-likeness (QED) is 0.673. The zero-order valence-electron chi connectivity index (χ0n) is 13.4.